The molecule has 8 heteroatoms. The third-order valence-electron chi connectivity index (χ3n) is 4.41. The Bertz CT molecular complexity index is 1050. The molecule has 2 heterocycles. The summed E-state index contributed by atoms with van der Waals surface area (Å²) in [6, 6.07) is 2.93. The van der Waals surface area contributed by atoms with E-state index in [2.05, 4.69) is 16.9 Å². The number of hydrogen-bond acceptors (Lipinski definition) is 4. The normalized spacial score (nSPS) is 11.3. The first-order valence-electron chi connectivity index (χ1n) is 8.73. The summed E-state index contributed by atoms with van der Waals surface area (Å²) < 4.78 is 30.8. The number of halogens is 3. The van der Waals surface area contributed by atoms with Crippen LogP contribution in [-0.4, -0.2) is 14.5 Å². The molecule has 0 spiro atoms. The van der Waals surface area contributed by atoms with Crippen molar-refractivity contribution in [2.24, 2.45) is 0 Å². The Hall–Kier alpha value is -2.54. The van der Waals surface area contributed by atoms with Crippen LogP contribution in [0.25, 0.3) is 22.2 Å². The van der Waals surface area contributed by atoms with Gasteiger partial charge in [0.15, 0.2) is 17.5 Å². The molecule has 1 aromatic carbocycles. The van der Waals surface area contributed by atoms with Crippen LogP contribution in [0.3, 0.4) is 0 Å². The molecule has 2 aromatic heterocycles. The Morgan fingerprint density at radius 3 is 2.70 bits per heavy atom. The molecule has 3 rings (SSSR count). The second kappa shape index (κ2) is 8.00. The molecule has 0 bridgehead atoms. The molecule has 3 aromatic rings. The number of fused-ring (bicyclic) bond motifs is 1. The molecular weight excluding hydrogens is 374 g/mol. The minimum absolute atomic E-state index is 0.0379. The van der Waals surface area contributed by atoms with Crippen LogP contribution in [0.5, 0.6) is 0 Å². The molecular formula is C19H19ClF2N4O. The predicted octanol–water partition coefficient (Wildman–Crippen LogP) is 4.55. The van der Waals surface area contributed by atoms with Gasteiger partial charge in [-0.1, -0.05) is 37.8 Å². The standard InChI is InChI=1S/C19H19ClF2N4O/c1-2-3-4-5-7-26-8-6-11-9-12(15(21)16(22)14(11)19(26)27)18-24-10-13(20)17(23)25-18/h6,8-10H,2-5,7H2,1H3,(H2,23,24,25). The zero-order chi connectivity index (χ0) is 19.6. The highest BCUT2D eigenvalue weighted by atomic mass is 35.5. The van der Waals surface area contributed by atoms with Crippen molar-refractivity contribution in [2.75, 3.05) is 5.73 Å². The van der Waals surface area contributed by atoms with E-state index in [0.717, 1.165) is 25.7 Å². The highest BCUT2D eigenvalue weighted by molar-refractivity contribution is 6.32. The predicted molar refractivity (Wildman–Crippen MR) is 103 cm³/mol. The van der Waals surface area contributed by atoms with E-state index in [-0.39, 0.29) is 33.0 Å². The molecule has 0 radical (unpaired) electrons. The monoisotopic (exact) mass is 392 g/mol. The lowest BCUT2D eigenvalue weighted by Gasteiger charge is -2.10. The van der Waals surface area contributed by atoms with Crippen molar-refractivity contribution in [3.63, 3.8) is 0 Å². The Labute approximate surface area is 159 Å². The molecule has 2 N–H and O–H groups in total. The maximum atomic E-state index is 14.7. The van der Waals surface area contributed by atoms with Crippen molar-refractivity contribution >= 4 is 28.2 Å². The first kappa shape index (κ1) is 19.2. The maximum absolute atomic E-state index is 14.7. The van der Waals surface area contributed by atoms with Crippen molar-refractivity contribution < 1.29 is 8.78 Å². The summed E-state index contributed by atoms with van der Waals surface area (Å²) >= 11 is 5.77. The van der Waals surface area contributed by atoms with Crippen LogP contribution >= 0.6 is 11.6 Å². The summed E-state index contributed by atoms with van der Waals surface area (Å²) in [4.78, 5) is 20.4. The quantitative estimate of drug-likeness (QED) is 0.624. The number of nitrogens with two attached hydrogens (primary N) is 1. The fourth-order valence-corrected chi connectivity index (χ4v) is 3.02. The topological polar surface area (TPSA) is 73.8 Å². The molecule has 0 amide bonds. The Morgan fingerprint density at radius 1 is 1.22 bits per heavy atom. The first-order valence-corrected chi connectivity index (χ1v) is 9.11. The van der Waals surface area contributed by atoms with E-state index < -0.39 is 17.2 Å². The number of pyridine rings is 1. The number of rotatable bonds is 6. The fourth-order valence-electron chi connectivity index (χ4n) is 2.93. The minimum atomic E-state index is -1.22. The molecule has 5 nitrogen and oxygen atoms in total. The van der Waals surface area contributed by atoms with Gasteiger partial charge in [0.05, 0.1) is 17.1 Å². The van der Waals surface area contributed by atoms with Crippen LogP contribution in [0.4, 0.5) is 14.6 Å². The van der Waals surface area contributed by atoms with E-state index in [4.69, 9.17) is 17.3 Å². The van der Waals surface area contributed by atoms with Gasteiger partial charge in [0.2, 0.25) is 0 Å². The van der Waals surface area contributed by atoms with Crippen LogP contribution in [0.2, 0.25) is 5.02 Å². The summed E-state index contributed by atoms with van der Waals surface area (Å²) in [5, 5.41) is 0.110. The summed E-state index contributed by atoms with van der Waals surface area (Å²) in [6.07, 6.45) is 6.74. The molecule has 0 aliphatic heterocycles. The smallest absolute Gasteiger partial charge is 0.261 e. The Balaban J connectivity index is 2.07. The summed E-state index contributed by atoms with van der Waals surface area (Å²) in [5.74, 6) is -2.54. The lowest BCUT2D eigenvalue weighted by atomic mass is 10.1. The van der Waals surface area contributed by atoms with Crippen molar-refractivity contribution in [3.8, 4) is 11.4 Å². The molecule has 0 fully saturated rings. The van der Waals surface area contributed by atoms with E-state index >= 15 is 0 Å². The largest absolute Gasteiger partial charge is 0.382 e. The molecule has 0 atom stereocenters. The van der Waals surface area contributed by atoms with E-state index in [0.29, 0.717) is 6.54 Å². The van der Waals surface area contributed by atoms with Gasteiger partial charge in [-0.3, -0.25) is 4.79 Å². The van der Waals surface area contributed by atoms with Gasteiger partial charge in [0.25, 0.3) is 5.56 Å². The van der Waals surface area contributed by atoms with Crippen molar-refractivity contribution in [3.05, 3.63) is 51.5 Å². The van der Waals surface area contributed by atoms with Crippen molar-refractivity contribution in [2.45, 2.75) is 39.2 Å². The molecule has 142 valence electrons. The van der Waals surface area contributed by atoms with E-state index in [1.54, 1.807) is 12.3 Å². The van der Waals surface area contributed by atoms with Gasteiger partial charge in [0, 0.05) is 12.7 Å². The summed E-state index contributed by atoms with van der Waals surface area (Å²) in [6.45, 7) is 2.56. The lowest BCUT2D eigenvalue weighted by Crippen LogP contribution is -2.21. The maximum Gasteiger partial charge on any atom is 0.261 e. The van der Waals surface area contributed by atoms with Gasteiger partial charge in [0.1, 0.15) is 10.8 Å². The van der Waals surface area contributed by atoms with Gasteiger partial charge >= 0.3 is 0 Å². The average molecular weight is 393 g/mol. The lowest BCUT2D eigenvalue weighted by molar-refractivity contribution is 0.516. The Morgan fingerprint density at radius 2 is 2.00 bits per heavy atom. The SMILES string of the molecule is CCCCCCn1ccc2cc(-c3ncc(Cl)c(N)n3)c(F)c(F)c2c1=O. The van der Waals surface area contributed by atoms with Gasteiger partial charge in [-0.25, -0.2) is 18.7 Å². The summed E-state index contributed by atoms with van der Waals surface area (Å²) in [7, 11) is 0. The number of hydrogen-bond donors (Lipinski definition) is 1. The number of nitrogens with zero attached hydrogens (tertiary/aromatic N) is 3. The number of anilines is 1. The summed E-state index contributed by atoms with van der Waals surface area (Å²) in [5.41, 5.74) is 4.89. The fraction of sp³-hybridized carbons (Fsp3) is 0.316. The average Bonchev–Trinajstić information content (AvgIpc) is 2.65. The second-order valence-electron chi connectivity index (χ2n) is 6.32. The van der Waals surface area contributed by atoms with E-state index in [1.807, 2.05) is 0 Å². The van der Waals surface area contributed by atoms with Crippen molar-refractivity contribution in [1.29, 1.82) is 0 Å². The third-order valence-corrected chi connectivity index (χ3v) is 4.70. The molecule has 27 heavy (non-hydrogen) atoms. The molecule has 0 saturated carbocycles. The number of nitrogen functional groups attached to an aromatic ring is 1. The van der Waals surface area contributed by atoms with E-state index in [9.17, 15) is 13.6 Å². The van der Waals surface area contributed by atoms with Crippen LogP contribution in [-0.2, 0) is 6.54 Å². The highest BCUT2D eigenvalue weighted by Gasteiger charge is 2.20. The zero-order valence-electron chi connectivity index (χ0n) is 14.8. The van der Waals surface area contributed by atoms with Crippen LogP contribution < -0.4 is 11.3 Å². The highest BCUT2D eigenvalue weighted by Crippen LogP contribution is 2.28. The third kappa shape index (κ3) is 3.78. The second-order valence-corrected chi connectivity index (χ2v) is 6.73. The molecule has 0 aliphatic carbocycles. The zero-order valence-corrected chi connectivity index (χ0v) is 15.6. The molecule has 0 unspecified atom stereocenters. The number of aromatic nitrogens is 3. The van der Waals surface area contributed by atoms with Crippen LogP contribution in [0, 0.1) is 11.6 Å². The molecule has 0 saturated heterocycles. The van der Waals surface area contributed by atoms with Gasteiger partial charge in [-0.2, -0.15) is 0 Å². The number of benzene rings is 1. The molecule has 0 aliphatic rings. The van der Waals surface area contributed by atoms with Crippen LogP contribution in [0.1, 0.15) is 32.6 Å². The van der Waals surface area contributed by atoms with Crippen molar-refractivity contribution in [1.82, 2.24) is 14.5 Å². The van der Waals surface area contributed by atoms with E-state index in [1.165, 1.54) is 16.8 Å². The van der Waals surface area contributed by atoms with Crippen LogP contribution in [0.15, 0.2) is 29.3 Å². The van der Waals surface area contributed by atoms with Gasteiger partial charge < -0.3 is 10.3 Å². The Kier molecular flexibility index (Phi) is 5.70. The minimum Gasteiger partial charge on any atom is -0.382 e. The number of unbranched alkanes of at least 4 members (excludes halogenated alkanes) is 3. The number of aryl methyl sites for hydroxylation is 1. The van der Waals surface area contributed by atoms with Gasteiger partial charge in [-0.15, -0.1) is 0 Å². The first-order chi connectivity index (χ1) is 12.9. The van der Waals surface area contributed by atoms with Gasteiger partial charge in [-0.05, 0) is 23.9 Å².